The second-order valence-electron chi connectivity index (χ2n) is 4.59. The SMILES string of the molecule is O=C(O)C1CCN(Cc2c(F)cccc2F)CC1. The number of hydrogen-bond acceptors (Lipinski definition) is 2. The Bertz CT molecular complexity index is 422. The average Bonchev–Trinajstić information content (AvgIpc) is 2.34. The third-order valence-corrected chi connectivity index (χ3v) is 3.38. The molecule has 0 saturated carbocycles. The Kier molecular flexibility index (Phi) is 3.91. The maximum Gasteiger partial charge on any atom is 0.306 e. The first kappa shape index (κ1) is 13.0. The van der Waals surface area contributed by atoms with Gasteiger partial charge < -0.3 is 5.11 Å². The van der Waals surface area contributed by atoms with Gasteiger partial charge in [-0.3, -0.25) is 9.69 Å². The molecule has 1 aromatic carbocycles. The summed E-state index contributed by atoms with van der Waals surface area (Å²) in [6, 6.07) is 3.82. The highest BCUT2D eigenvalue weighted by Crippen LogP contribution is 2.21. The minimum atomic E-state index is -0.785. The van der Waals surface area contributed by atoms with Gasteiger partial charge in [-0.1, -0.05) is 6.07 Å². The largest absolute Gasteiger partial charge is 0.481 e. The van der Waals surface area contributed by atoms with E-state index in [1.807, 2.05) is 4.90 Å². The van der Waals surface area contributed by atoms with Gasteiger partial charge in [-0.15, -0.1) is 0 Å². The van der Waals surface area contributed by atoms with E-state index in [1.54, 1.807) is 0 Å². The van der Waals surface area contributed by atoms with Crippen molar-refractivity contribution in [3.8, 4) is 0 Å². The van der Waals surface area contributed by atoms with Crippen LogP contribution in [0.25, 0.3) is 0 Å². The molecule has 2 rings (SSSR count). The fraction of sp³-hybridized carbons (Fsp3) is 0.462. The highest BCUT2D eigenvalue weighted by atomic mass is 19.1. The molecule has 1 fully saturated rings. The molecule has 0 aliphatic carbocycles. The zero-order valence-electron chi connectivity index (χ0n) is 9.90. The van der Waals surface area contributed by atoms with Crippen LogP contribution in [0, 0.1) is 17.6 Å². The smallest absolute Gasteiger partial charge is 0.306 e. The molecule has 1 aliphatic heterocycles. The molecule has 1 N–H and O–H groups in total. The molecule has 0 radical (unpaired) electrons. The predicted molar refractivity (Wildman–Crippen MR) is 62.0 cm³/mol. The number of aliphatic carboxylic acids is 1. The van der Waals surface area contributed by atoms with E-state index in [1.165, 1.54) is 18.2 Å². The van der Waals surface area contributed by atoms with Gasteiger partial charge in [0.1, 0.15) is 11.6 Å². The number of hydrogen-bond donors (Lipinski definition) is 1. The Labute approximate surface area is 104 Å². The summed E-state index contributed by atoms with van der Waals surface area (Å²) in [4.78, 5) is 12.7. The predicted octanol–water partition coefficient (Wildman–Crippen LogP) is 2.26. The van der Waals surface area contributed by atoms with Crippen molar-refractivity contribution >= 4 is 5.97 Å². The number of likely N-dealkylation sites (tertiary alicyclic amines) is 1. The average molecular weight is 255 g/mol. The van der Waals surface area contributed by atoms with Crippen molar-refractivity contribution in [2.75, 3.05) is 13.1 Å². The first-order chi connectivity index (χ1) is 8.58. The molecular weight excluding hydrogens is 240 g/mol. The van der Waals surface area contributed by atoms with Gasteiger partial charge in [-0.2, -0.15) is 0 Å². The molecule has 1 saturated heterocycles. The zero-order valence-corrected chi connectivity index (χ0v) is 9.90. The fourth-order valence-corrected chi connectivity index (χ4v) is 2.25. The van der Waals surface area contributed by atoms with Crippen molar-refractivity contribution in [3.05, 3.63) is 35.4 Å². The number of rotatable bonds is 3. The number of carbonyl (C=O) groups is 1. The van der Waals surface area contributed by atoms with Crippen LogP contribution in [0.1, 0.15) is 18.4 Å². The molecule has 0 atom stereocenters. The van der Waals surface area contributed by atoms with Crippen LogP contribution in [0.2, 0.25) is 0 Å². The molecule has 0 amide bonds. The van der Waals surface area contributed by atoms with E-state index in [9.17, 15) is 13.6 Å². The van der Waals surface area contributed by atoms with Crippen LogP contribution in [0.3, 0.4) is 0 Å². The molecule has 18 heavy (non-hydrogen) atoms. The van der Waals surface area contributed by atoms with Crippen molar-refractivity contribution in [3.63, 3.8) is 0 Å². The lowest BCUT2D eigenvalue weighted by atomic mass is 9.97. The molecule has 1 heterocycles. The monoisotopic (exact) mass is 255 g/mol. The van der Waals surface area contributed by atoms with E-state index < -0.39 is 17.6 Å². The van der Waals surface area contributed by atoms with Crippen LogP contribution in [0.5, 0.6) is 0 Å². The number of carboxylic acid groups (broad SMARTS) is 1. The van der Waals surface area contributed by atoms with Crippen LogP contribution < -0.4 is 0 Å². The van der Waals surface area contributed by atoms with Crippen LogP contribution >= 0.6 is 0 Å². The Balaban J connectivity index is 1.98. The van der Waals surface area contributed by atoms with Crippen molar-refractivity contribution in [1.29, 1.82) is 0 Å². The van der Waals surface area contributed by atoms with E-state index in [4.69, 9.17) is 5.11 Å². The van der Waals surface area contributed by atoms with Crippen LogP contribution in [-0.2, 0) is 11.3 Å². The second-order valence-corrected chi connectivity index (χ2v) is 4.59. The van der Waals surface area contributed by atoms with E-state index in [-0.39, 0.29) is 18.0 Å². The number of nitrogens with zero attached hydrogens (tertiary/aromatic N) is 1. The lowest BCUT2D eigenvalue weighted by Gasteiger charge is -2.30. The summed E-state index contributed by atoms with van der Waals surface area (Å²) in [5.74, 6) is -2.20. The molecule has 0 aromatic heterocycles. The summed E-state index contributed by atoms with van der Waals surface area (Å²) < 4.78 is 26.9. The summed E-state index contributed by atoms with van der Waals surface area (Å²) in [7, 11) is 0. The van der Waals surface area contributed by atoms with E-state index in [0.29, 0.717) is 25.9 Å². The van der Waals surface area contributed by atoms with Crippen molar-refractivity contribution < 1.29 is 18.7 Å². The molecular formula is C13H15F2NO2. The van der Waals surface area contributed by atoms with Crippen molar-refractivity contribution in [1.82, 2.24) is 4.90 Å². The standard InChI is InChI=1S/C13H15F2NO2/c14-11-2-1-3-12(15)10(11)8-16-6-4-9(5-7-16)13(17)18/h1-3,9H,4-8H2,(H,17,18). The van der Waals surface area contributed by atoms with Gasteiger partial charge >= 0.3 is 5.97 Å². The zero-order chi connectivity index (χ0) is 13.1. The van der Waals surface area contributed by atoms with Gasteiger partial charge in [0.25, 0.3) is 0 Å². The normalized spacial score (nSPS) is 17.9. The summed E-state index contributed by atoms with van der Waals surface area (Å²) in [6.45, 7) is 1.32. The van der Waals surface area contributed by atoms with Gasteiger partial charge in [-0.05, 0) is 38.1 Å². The number of piperidine rings is 1. The summed E-state index contributed by atoms with van der Waals surface area (Å²) >= 11 is 0. The minimum Gasteiger partial charge on any atom is -0.481 e. The van der Waals surface area contributed by atoms with E-state index in [0.717, 1.165) is 0 Å². The number of halogens is 2. The maximum atomic E-state index is 13.4. The third kappa shape index (κ3) is 2.85. The molecule has 98 valence electrons. The Morgan fingerprint density at radius 3 is 2.33 bits per heavy atom. The highest BCUT2D eigenvalue weighted by Gasteiger charge is 2.25. The Hall–Kier alpha value is -1.49. The summed E-state index contributed by atoms with van der Waals surface area (Å²) in [6.07, 6.45) is 1.07. The molecule has 0 unspecified atom stereocenters. The molecule has 0 bridgehead atoms. The van der Waals surface area contributed by atoms with Crippen LogP contribution in [0.4, 0.5) is 8.78 Å². The molecule has 1 aromatic rings. The number of carboxylic acids is 1. The lowest BCUT2D eigenvalue weighted by Crippen LogP contribution is -2.36. The van der Waals surface area contributed by atoms with Gasteiger partial charge in [0.2, 0.25) is 0 Å². The van der Waals surface area contributed by atoms with Gasteiger partial charge in [0, 0.05) is 12.1 Å². The number of benzene rings is 1. The molecule has 5 heteroatoms. The van der Waals surface area contributed by atoms with Crippen molar-refractivity contribution in [2.45, 2.75) is 19.4 Å². The minimum absolute atomic E-state index is 0.0614. The maximum absolute atomic E-state index is 13.4. The molecule has 3 nitrogen and oxygen atoms in total. The first-order valence-corrected chi connectivity index (χ1v) is 5.96. The third-order valence-electron chi connectivity index (χ3n) is 3.38. The molecule has 0 spiro atoms. The van der Waals surface area contributed by atoms with Crippen molar-refractivity contribution in [2.24, 2.45) is 5.92 Å². The van der Waals surface area contributed by atoms with Crippen LogP contribution in [0.15, 0.2) is 18.2 Å². The van der Waals surface area contributed by atoms with Gasteiger partial charge in [0.15, 0.2) is 0 Å². The molecule has 1 aliphatic rings. The quantitative estimate of drug-likeness (QED) is 0.900. The summed E-state index contributed by atoms with van der Waals surface area (Å²) in [5.41, 5.74) is 0.0614. The topological polar surface area (TPSA) is 40.5 Å². The highest BCUT2D eigenvalue weighted by molar-refractivity contribution is 5.70. The van der Waals surface area contributed by atoms with Gasteiger partial charge in [0.05, 0.1) is 5.92 Å². The Morgan fingerprint density at radius 2 is 1.83 bits per heavy atom. The lowest BCUT2D eigenvalue weighted by molar-refractivity contribution is -0.143. The van der Waals surface area contributed by atoms with Crippen LogP contribution in [-0.4, -0.2) is 29.1 Å². The van der Waals surface area contributed by atoms with E-state index >= 15 is 0 Å². The first-order valence-electron chi connectivity index (χ1n) is 5.96. The second kappa shape index (κ2) is 5.44. The fourth-order valence-electron chi connectivity index (χ4n) is 2.25. The Morgan fingerprint density at radius 1 is 1.28 bits per heavy atom. The van der Waals surface area contributed by atoms with Gasteiger partial charge in [-0.25, -0.2) is 8.78 Å². The van der Waals surface area contributed by atoms with E-state index in [2.05, 4.69) is 0 Å². The summed E-state index contributed by atoms with van der Waals surface area (Å²) in [5, 5.41) is 8.86.